The minimum Gasteiger partial charge on any atom is -0.392 e. The first-order chi connectivity index (χ1) is 6.50. The zero-order valence-electron chi connectivity index (χ0n) is 8.27. The normalized spacial score (nSPS) is 20.9. The number of rotatable bonds is 4. The number of sulfonamides is 1. The first-order valence-corrected chi connectivity index (χ1v) is 6.69. The van der Waals surface area contributed by atoms with Crippen LogP contribution in [0, 0.1) is 0 Å². The van der Waals surface area contributed by atoms with Crippen molar-refractivity contribution in [2.45, 2.75) is 31.4 Å². The Balaban J connectivity index is 2.86. The van der Waals surface area contributed by atoms with Crippen molar-refractivity contribution in [2.75, 3.05) is 13.1 Å². The molecule has 1 atom stereocenters. The Morgan fingerprint density at radius 1 is 1.50 bits per heavy atom. The minimum absolute atomic E-state index is 0.0828. The molecule has 0 radical (unpaired) electrons. The Morgan fingerprint density at radius 3 is 2.36 bits per heavy atom. The quantitative estimate of drug-likeness (QED) is 0.721. The fourth-order valence-corrected chi connectivity index (χ4v) is 4.05. The highest BCUT2D eigenvalue weighted by Crippen LogP contribution is 2.18. The summed E-state index contributed by atoms with van der Waals surface area (Å²) in [6, 6.07) is 0. The van der Waals surface area contributed by atoms with Gasteiger partial charge in [-0.1, -0.05) is 19.1 Å². The number of thiocarbonyl (C=S) groups is 1. The number of nitrogens with two attached hydrogens (primary N) is 1. The molecule has 4 nitrogen and oxygen atoms in total. The van der Waals surface area contributed by atoms with E-state index in [1.807, 2.05) is 0 Å². The lowest BCUT2D eigenvalue weighted by molar-refractivity contribution is 0.472. The van der Waals surface area contributed by atoms with Crippen LogP contribution in [0.25, 0.3) is 0 Å². The molecule has 0 amide bonds. The van der Waals surface area contributed by atoms with Gasteiger partial charge in [-0.15, -0.1) is 0 Å². The molecule has 0 spiro atoms. The summed E-state index contributed by atoms with van der Waals surface area (Å²) in [5, 5.41) is -0.685. The Bertz CT molecular complexity index is 307. The van der Waals surface area contributed by atoms with Gasteiger partial charge in [-0.25, -0.2) is 12.7 Å². The van der Waals surface area contributed by atoms with Gasteiger partial charge in [0.2, 0.25) is 10.0 Å². The zero-order chi connectivity index (χ0) is 10.8. The van der Waals surface area contributed by atoms with Gasteiger partial charge in [-0.05, 0) is 19.3 Å². The van der Waals surface area contributed by atoms with Crippen LogP contribution in [0.2, 0.25) is 0 Å². The maximum Gasteiger partial charge on any atom is 0.223 e. The van der Waals surface area contributed by atoms with E-state index in [0.717, 1.165) is 12.8 Å². The molecule has 0 aliphatic carbocycles. The highest BCUT2D eigenvalue weighted by Gasteiger charge is 2.34. The molecule has 1 saturated heterocycles. The Kier molecular flexibility index (Phi) is 3.86. The van der Waals surface area contributed by atoms with Crippen molar-refractivity contribution >= 4 is 27.2 Å². The predicted octanol–water partition coefficient (Wildman–Crippen LogP) is 0.477. The van der Waals surface area contributed by atoms with Gasteiger partial charge in [0.1, 0.15) is 5.25 Å². The van der Waals surface area contributed by atoms with Crippen LogP contribution < -0.4 is 5.73 Å². The van der Waals surface area contributed by atoms with Crippen LogP contribution in [0.4, 0.5) is 0 Å². The predicted molar refractivity (Wildman–Crippen MR) is 60.6 cm³/mol. The lowest BCUT2D eigenvalue weighted by Crippen LogP contribution is -2.43. The molecule has 1 fully saturated rings. The van der Waals surface area contributed by atoms with Crippen molar-refractivity contribution < 1.29 is 8.42 Å². The SMILES string of the molecule is CCC(C(N)=S)S(=O)(=O)N1CCCC1. The topological polar surface area (TPSA) is 63.4 Å². The first-order valence-electron chi connectivity index (χ1n) is 4.78. The van der Waals surface area contributed by atoms with E-state index in [-0.39, 0.29) is 4.99 Å². The second-order valence-corrected chi connectivity index (χ2v) is 6.04. The van der Waals surface area contributed by atoms with E-state index in [1.165, 1.54) is 4.31 Å². The van der Waals surface area contributed by atoms with Crippen molar-refractivity contribution in [1.29, 1.82) is 0 Å². The smallest absolute Gasteiger partial charge is 0.223 e. The summed E-state index contributed by atoms with van der Waals surface area (Å²) in [5.74, 6) is 0. The van der Waals surface area contributed by atoms with Gasteiger partial charge in [-0.2, -0.15) is 0 Å². The monoisotopic (exact) mass is 236 g/mol. The number of hydrogen-bond acceptors (Lipinski definition) is 3. The van der Waals surface area contributed by atoms with Gasteiger partial charge < -0.3 is 5.73 Å². The third kappa shape index (κ3) is 2.24. The molecule has 1 rings (SSSR count). The highest BCUT2D eigenvalue weighted by atomic mass is 32.2. The summed E-state index contributed by atoms with van der Waals surface area (Å²) in [5.41, 5.74) is 5.43. The molecule has 0 aromatic heterocycles. The molecule has 6 heteroatoms. The van der Waals surface area contributed by atoms with Crippen molar-refractivity contribution in [3.05, 3.63) is 0 Å². The molecule has 0 aromatic rings. The zero-order valence-corrected chi connectivity index (χ0v) is 9.90. The molecule has 1 aliphatic heterocycles. The van der Waals surface area contributed by atoms with Crippen LogP contribution in [-0.2, 0) is 10.0 Å². The molecule has 1 unspecified atom stereocenters. The average molecular weight is 236 g/mol. The van der Waals surface area contributed by atoms with E-state index in [0.29, 0.717) is 19.5 Å². The van der Waals surface area contributed by atoms with Crippen molar-refractivity contribution in [3.8, 4) is 0 Å². The van der Waals surface area contributed by atoms with Gasteiger partial charge >= 0.3 is 0 Å². The van der Waals surface area contributed by atoms with Crippen LogP contribution in [0.1, 0.15) is 26.2 Å². The minimum atomic E-state index is -3.28. The first kappa shape index (κ1) is 11.9. The molecule has 0 aromatic carbocycles. The van der Waals surface area contributed by atoms with Crippen molar-refractivity contribution in [1.82, 2.24) is 4.31 Å². The van der Waals surface area contributed by atoms with Crippen molar-refractivity contribution in [2.24, 2.45) is 5.73 Å². The summed E-state index contributed by atoms with van der Waals surface area (Å²) < 4.78 is 25.4. The molecule has 1 aliphatic rings. The lowest BCUT2D eigenvalue weighted by atomic mass is 10.3. The molecule has 1 heterocycles. The Labute approximate surface area is 90.5 Å². The summed E-state index contributed by atoms with van der Waals surface area (Å²) in [6.45, 7) is 3.01. The van der Waals surface area contributed by atoms with Crippen LogP contribution in [0.3, 0.4) is 0 Å². The van der Waals surface area contributed by atoms with Gasteiger partial charge in [0.25, 0.3) is 0 Å². The maximum absolute atomic E-state index is 12.0. The summed E-state index contributed by atoms with van der Waals surface area (Å²) in [6.07, 6.45) is 2.33. The molecule has 82 valence electrons. The van der Waals surface area contributed by atoms with Gasteiger partial charge in [-0.3, -0.25) is 0 Å². The van der Waals surface area contributed by atoms with Gasteiger partial charge in [0, 0.05) is 13.1 Å². The molecule has 0 bridgehead atoms. The molecule has 0 saturated carbocycles. The van der Waals surface area contributed by atoms with E-state index < -0.39 is 15.3 Å². The largest absolute Gasteiger partial charge is 0.392 e. The third-order valence-corrected chi connectivity index (χ3v) is 5.30. The Morgan fingerprint density at radius 2 is 2.00 bits per heavy atom. The summed E-state index contributed by atoms with van der Waals surface area (Å²) in [7, 11) is -3.28. The molecule has 14 heavy (non-hydrogen) atoms. The highest BCUT2D eigenvalue weighted by molar-refractivity contribution is 7.92. The lowest BCUT2D eigenvalue weighted by Gasteiger charge is -2.21. The van der Waals surface area contributed by atoms with Gasteiger partial charge in [0.15, 0.2) is 0 Å². The number of hydrogen-bond donors (Lipinski definition) is 1. The summed E-state index contributed by atoms with van der Waals surface area (Å²) in [4.78, 5) is 0.0828. The second kappa shape index (κ2) is 4.55. The standard InChI is InChI=1S/C8H16N2O2S2/c1-2-7(8(9)13)14(11,12)10-5-3-4-6-10/h7H,2-6H2,1H3,(H2,9,13). The number of nitrogens with zero attached hydrogens (tertiary/aromatic N) is 1. The third-order valence-electron chi connectivity index (χ3n) is 2.47. The van der Waals surface area contributed by atoms with Gasteiger partial charge in [0.05, 0.1) is 4.99 Å². The van der Waals surface area contributed by atoms with Crippen LogP contribution in [-0.4, -0.2) is 36.1 Å². The van der Waals surface area contributed by atoms with E-state index in [9.17, 15) is 8.42 Å². The van der Waals surface area contributed by atoms with Crippen molar-refractivity contribution in [3.63, 3.8) is 0 Å². The maximum atomic E-state index is 12.0. The summed E-state index contributed by atoms with van der Waals surface area (Å²) >= 11 is 4.77. The fraction of sp³-hybridized carbons (Fsp3) is 0.875. The van der Waals surface area contributed by atoms with Crippen LogP contribution in [0.5, 0.6) is 0 Å². The van der Waals surface area contributed by atoms with E-state index >= 15 is 0 Å². The Hall–Kier alpha value is -0.200. The average Bonchev–Trinajstić information content (AvgIpc) is 2.55. The van der Waals surface area contributed by atoms with E-state index in [2.05, 4.69) is 0 Å². The second-order valence-electron chi connectivity index (χ2n) is 3.45. The van der Waals surface area contributed by atoms with Crippen LogP contribution >= 0.6 is 12.2 Å². The molecule has 2 N–H and O–H groups in total. The molecular formula is C8H16N2O2S2. The van der Waals surface area contributed by atoms with E-state index in [4.69, 9.17) is 18.0 Å². The fourth-order valence-electron chi connectivity index (χ4n) is 1.68. The van der Waals surface area contributed by atoms with Crippen LogP contribution in [0.15, 0.2) is 0 Å². The molecular weight excluding hydrogens is 220 g/mol. The van der Waals surface area contributed by atoms with E-state index in [1.54, 1.807) is 6.92 Å².